The number of fused-ring (bicyclic) bond motifs is 15. The van der Waals surface area contributed by atoms with Crippen LogP contribution < -0.4 is 16.4 Å². The number of hydrogen-bond donors (Lipinski definition) is 0. The molecule has 3 aliphatic heterocycles. The van der Waals surface area contributed by atoms with Gasteiger partial charge in [0.05, 0.1) is 44.4 Å². The smallest absolute Gasteiger partial charge is 0.310 e. The Morgan fingerprint density at radius 1 is 0.361 bits per heavy atom. The second-order valence-corrected chi connectivity index (χ2v) is 19.2. The zero-order valence-electron chi connectivity index (χ0n) is 36.4. The van der Waals surface area contributed by atoms with E-state index < -0.39 is 59.1 Å². The maximum Gasteiger partial charge on any atom is 0.416 e. The topological polar surface area (TPSA) is 9.86 Å². The van der Waals surface area contributed by atoms with Crippen molar-refractivity contribution >= 4 is 77.5 Å². The first-order valence-electron chi connectivity index (χ1n) is 22.7. The third kappa shape index (κ3) is 5.00. The monoisotopic (exact) mass is 976 g/mol. The standard InChI is InChI=1S/C57H25BF12N2/c59-54(60,61)29-15-16-46-36(18-29)37-20-31(56(65,66)67)23-44-49(37)71(46)51-35(28-14-13-26-7-1-2-8-27(26)17-28)25-43-52-47(51)58(44)45-24-32(57(68,69)70)21-39-38-19-30(55(62,63)64)22-42(48(38)72(52)50(39)45)53(43)40-11-5-3-9-33(40)34-10-4-6-12-41(34)53/h1-25H. The summed E-state index contributed by atoms with van der Waals surface area (Å²) in [7, 11) is 0. The molecule has 2 aromatic heterocycles. The first-order valence-corrected chi connectivity index (χ1v) is 22.7. The van der Waals surface area contributed by atoms with Crippen molar-refractivity contribution in [3.8, 4) is 33.6 Å². The molecule has 0 atom stereocenters. The van der Waals surface area contributed by atoms with E-state index in [0.717, 1.165) is 59.3 Å². The normalized spacial score (nSPS) is 15.0. The van der Waals surface area contributed by atoms with Gasteiger partial charge in [-0.25, -0.2) is 0 Å². The highest BCUT2D eigenvalue weighted by atomic mass is 19.4. The molecule has 0 unspecified atom stereocenters. The summed E-state index contributed by atoms with van der Waals surface area (Å²) in [6, 6.07) is 37.5. The van der Waals surface area contributed by atoms with E-state index in [4.69, 9.17) is 0 Å². The number of aromatic nitrogens is 2. The highest BCUT2D eigenvalue weighted by molar-refractivity contribution is 7.00. The molecule has 11 aromatic rings. The van der Waals surface area contributed by atoms with Gasteiger partial charge in [-0.3, -0.25) is 0 Å². The van der Waals surface area contributed by atoms with Crippen LogP contribution in [-0.4, -0.2) is 15.8 Å². The van der Waals surface area contributed by atoms with Crippen LogP contribution in [0.1, 0.15) is 44.5 Å². The lowest BCUT2D eigenvalue weighted by Gasteiger charge is -2.45. The summed E-state index contributed by atoms with van der Waals surface area (Å²) in [6.45, 7) is -1.48. The van der Waals surface area contributed by atoms with Crippen molar-refractivity contribution in [1.29, 1.82) is 0 Å². The van der Waals surface area contributed by atoms with Gasteiger partial charge < -0.3 is 9.13 Å². The Morgan fingerprint density at radius 2 is 0.875 bits per heavy atom. The van der Waals surface area contributed by atoms with Gasteiger partial charge in [-0.05, 0) is 121 Å². The maximum absolute atomic E-state index is 15.6. The molecule has 15 rings (SSSR count). The van der Waals surface area contributed by atoms with Crippen molar-refractivity contribution in [1.82, 2.24) is 9.13 Å². The number of halogens is 12. The molecular weight excluding hydrogens is 951 g/mol. The summed E-state index contributed by atoms with van der Waals surface area (Å²) in [6.07, 6.45) is -20.1. The van der Waals surface area contributed by atoms with Crippen LogP contribution in [0.3, 0.4) is 0 Å². The molecule has 15 heteroatoms. The summed E-state index contributed by atoms with van der Waals surface area (Å²) in [5.41, 5.74) is -1.30. The number of benzene rings is 9. The third-order valence-electron chi connectivity index (χ3n) is 15.7. The van der Waals surface area contributed by atoms with E-state index in [2.05, 4.69) is 0 Å². The fourth-order valence-corrected chi connectivity index (χ4v) is 13.1. The van der Waals surface area contributed by atoms with Gasteiger partial charge in [0.1, 0.15) is 0 Å². The van der Waals surface area contributed by atoms with Gasteiger partial charge in [0.15, 0.2) is 0 Å². The summed E-state index contributed by atoms with van der Waals surface area (Å²) in [5.74, 6) is 0. The van der Waals surface area contributed by atoms with Crippen molar-refractivity contribution in [3.63, 3.8) is 0 Å². The molecule has 2 nitrogen and oxygen atoms in total. The fourth-order valence-electron chi connectivity index (χ4n) is 13.1. The van der Waals surface area contributed by atoms with E-state index in [9.17, 15) is 13.2 Å². The molecule has 0 N–H and O–H groups in total. The molecule has 0 fully saturated rings. The number of rotatable bonds is 1. The molecule has 0 radical (unpaired) electrons. The predicted molar refractivity (Wildman–Crippen MR) is 254 cm³/mol. The van der Waals surface area contributed by atoms with Crippen LogP contribution in [-0.2, 0) is 30.1 Å². The fraction of sp³-hybridized carbons (Fsp3) is 0.0877. The van der Waals surface area contributed by atoms with Gasteiger partial charge in [-0.15, -0.1) is 0 Å². The second kappa shape index (κ2) is 12.9. The van der Waals surface area contributed by atoms with Crippen molar-refractivity contribution in [2.75, 3.05) is 0 Å². The lowest BCUT2D eigenvalue weighted by atomic mass is 9.33. The Labute approximate surface area is 398 Å². The third-order valence-corrected chi connectivity index (χ3v) is 15.7. The van der Waals surface area contributed by atoms with Crippen LogP contribution in [0.4, 0.5) is 52.7 Å². The summed E-state index contributed by atoms with van der Waals surface area (Å²) in [4.78, 5) is 0. The Morgan fingerprint density at radius 3 is 1.49 bits per heavy atom. The number of alkyl halides is 12. The average molecular weight is 977 g/mol. The van der Waals surface area contributed by atoms with Gasteiger partial charge in [-0.1, -0.05) is 97.1 Å². The minimum absolute atomic E-state index is 0.0501. The van der Waals surface area contributed by atoms with Gasteiger partial charge in [-0.2, -0.15) is 52.7 Å². The Hall–Kier alpha value is -7.94. The molecule has 5 heterocycles. The largest absolute Gasteiger partial charge is 0.416 e. The molecule has 0 bridgehead atoms. The molecule has 9 aromatic carbocycles. The lowest BCUT2D eigenvalue weighted by molar-refractivity contribution is -0.138. The first-order chi connectivity index (χ1) is 34.2. The Balaban J connectivity index is 1.26. The quantitative estimate of drug-likeness (QED) is 0.115. The highest BCUT2D eigenvalue weighted by Gasteiger charge is 2.56. The highest BCUT2D eigenvalue weighted by Crippen LogP contribution is 2.63. The minimum atomic E-state index is -5.10. The molecule has 0 saturated heterocycles. The van der Waals surface area contributed by atoms with Crippen LogP contribution in [0.15, 0.2) is 152 Å². The first kappa shape index (κ1) is 41.8. The van der Waals surface area contributed by atoms with Crippen molar-refractivity contribution in [3.05, 3.63) is 196 Å². The molecule has 0 saturated carbocycles. The van der Waals surface area contributed by atoms with Crippen molar-refractivity contribution in [2.45, 2.75) is 30.1 Å². The molecular formula is C57H25BF12N2. The van der Waals surface area contributed by atoms with E-state index >= 15 is 39.5 Å². The summed E-state index contributed by atoms with van der Waals surface area (Å²) in [5, 5.41) is 0.875. The molecule has 72 heavy (non-hydrogen) atoms. The van der Waals surface area contributed by atoms with Crippen molar-refractivity contribution in [2.24, 2.45) is 0 Å². The van der Waals surface area contributed by atoms with Crippen LogP contribution in [0, 0.1) is 0 Å². The maximum atomic E-state index is 15.6. The summed E-state index contributed by atoms with van der Waals surface area (Å²) >= 11 is 0. The van der Waals surface area contributed by atoms with Gasteiger partial charge in [0.25, 0.3) is 6.71 Å². The lowest BCUT2D eigenvalue weighted by Crippen LogP contribution is -2.61. The Kier molecular flexibility index (Phi) is 7.51. The van der Waals surface area contributed by atoms with E-state index in [1.807, 2.05) is 72.8 Å². The molecule has 1 spiro atoms. The van der Waals surface area contributed by atoms with E-state index in [0.29, 0.717) is 50.3 Å². The molecule has 0 amide bonds. The van der Waals surface area contributed by atoms with E-state index in [-0.39, 0.29) is 65.6 Å². The summed E-state index contributed by atoms with van der Waals surface area (Å²) < 4.78 is 187. The number of hydrogen-bond acceptors (Lipinski definition) is 0. The van der Waals surface area contributed by atoms with Crippen LogP contribution in [0.25, 0.3) is 88.0 Å². The van der Waals surface area contributed by atoms with Gasteiger partial charge in [0.2, 0.25) is 0 Å². The predicted octanol–water partition coefficient (Wildman–Crippen LogP) is 14.6. The molecule has 1 aliphatic carbocycles. The minimum Gasteiger partial charge on any atom is -0.310 e. The second-order valence-electron chi connectivity index (χ2n) is 19.2. The average Bonchev–Trinajstić information content (AvgIpc) is 3.97. The van der Waals surface area contributed by atoms with Gasteiger partial charge >= 0.3 is 24.7 Å². The van der Waals surface area contributed by atoms with Crippen molar-refractivity contribution < 1.29 is 52.7 Å². The van der Waals surface area contributed by atoms with Crippen LogP contribution >= 0.6 is 0 Å². The molecule has 350 valence electrons. The zero-order chi connectivity index (χ0) is 49.5. The Bertz CT molecular complexity index is 4310. The van der Waals surface area contributed by atoms with Crippen LogP contribution in [0.5, 0.6) is 0 Å². The van der Waals surface area contributed by atoms with E-state index in [1.54, 1.807) is 33.4 Å². The number of nitrogens with zero attached hydrogens (tertiary/aromatic N) is 2. The zero-order valence-corrected chi connectivity index (χ0v) is 36.4. The van der Waals surface area contributed by atoms with Gasteiger partial charge in [0, 0.05) is 43.8 Å². The van der Waals surface area contributed by atoms with Crippen LogP contribution in [0.2, 0.25) is 0 Å². The molecule has 4 aliphatic rings. The SMILES string of the molecule is FC(F)(F)c1ccc2c(c1)c1cc(C(F)(F)F)cc3c1n2-c1c(-c2ccc4ccccc4c2)cc2c4c1B3c1cc(C(F)(F)F)cc3c5cc(C(F)(F)F)cc(c5n-4c13)C21c2ccccc2-c2ccccc21. The van der Waals surface area contributed by atoms with E-state index in [1.165, 1.54) is 6.07 Å².